The Bertz CT molecular complexity index is 596. The highest BCUT2D eigenvalue weighted by molar-refractivity contribution is 14.1. The Hall–Kier alpha value is -1.07. The molecule has 1 amide bonds. The van der Waals surface area contributed by atoms with Crippen LogP contribution in [0.4, 0.5) is 5.69 Å². The average Bonchev–Trinajstić information content (AvgIpc) is 2.42. The van der Waals surface area contributed by atoms with Crippen LogP contribution in [0, 0.1) is 3.57 Å². The molecular weight excluding hydrogens is 373 g/mol. The number of hydrogen-bond acceptors (Lipinski definition) is 1. The van der Waals surface area contributed by atoms with Crippen molar-refractivity contribution in [3.05, 3.63) is 62.2 Å². The third-order valence-electron chi connectivity index (χ3n) is 2.79. The van der Waals surface area contributed by atoms with Crippen LogP contribution < -0.4 is 5.32 Å². The highest BCUT2D eigenvalue weighted by Crippen LogP contribution is 2.19. The molecule has 0 aliphatic carbocycles. The molecule has 0 aliphatic rings. The molecule has 98 valence electrons. The van der Waals surface area contributed by atoms with Crippen LogP contribution >= 0.6 is 34.2 Å². The Morgan fingerprint density at radius 3 is 2.53 bits per heavy atom. The fraction of sp³-hybridized carbons (Fsp3) is 0.133. The molecule has 2 aromatic carbocycles. The van der Waals surface area contributed by atoms with Crippen LogP contribution in [0.2, 0.25) is 5.02 Å². The molecule has 2 nitrogen and oxygen atoms in total. The van der Waals surface area contributed by atoms with Gasteiger partial charge in [0.15, 0.2) is 0 Å². The number of hydrogen-bond donors (Lipinski definition) is 1. The topological polar surface area (TPSA) is 29.1 Å². The SMILES string of the molecule is CCc1ccc(NC(=O)c2cc(Cl)ccc2I)cc1. The van der Waals surface area contributed by atoms with Crippen molar-refractivity contribution in [2.75, 3.05) is 5.32 Å². The van der Waals surface area contributed by atoms with Gasteiger partial charge in [-0.3, -0.25) is 4.79 Å². The fourth-order valence-electron chi connectivity index (χ4n) is 1.69. The number of carbonyl (C=O) groups is 1. The molecule has 2 aromatic rings. The molecule has 2 rings (SSSR count). The minimum atomic E-state index is -0.142. The molecule has 0 spiro atoms. The molecule has 0 saturated heterocycles. The quantitative estimate of drug-likeness (QED) is 0.758. The van der Waals surface area contributed by atoms with Crippen LogP contribution in [0.3, 0.4) is 0 Å². The van der Waals surface area contributed by atoms with Crippen LogP contribution in [-0.2, 0) is 6.42 Å². The van der Waals surface area contributed by atoms with E-state index < -0.39 is 0 Å². The lowest BCUT2D eigenvalue weighted by Crippen LogP contribution is -2.13. The number of rotatable bonds is 3. The first-order valence-electron chi connectivity index (χ1n) is 5.95. The molecule has 1 N–H and O–H groups in total. The zero-order chi connectivity index (χ0) is 13.8. The predicted molar refractivity (Wildman–Crippen MR) is 87.9 cm³/mol. The Morgan fingerprint density at radius 1 is 1.21 bits per heavy atom. The molecule has 0 atom stereocenters. The van der Waals surface area contributed by atoms with Gasteiger partial charge < -0.3 is 5.32 Å². The van der Waals surface area contributed by atoms with E-state index in [0.717, 1.165) is 15.7 Å². The Labute approximate surface area is 131 Å². The second-order valence-electron chi connectivity index (χ2n) is 4.13. The van der Waals surface area contributed by atoms with Crippen molar-refractivity contribution in [1.82, 2.24) is 0 Å². The largest absolute Gasteiger partial charge is 0.322 e. The summed E-state index contributed by atoms with van der Waals surface area (Å²) in [7, 11) is 0. The summed E-state index contributed by atoms with van der Waals surface area (Å²) in [5.41, 5.74) is 2.63. The van der Waals surface area contributed by atoms with E-state index in [2.05, 4.69) is 34.8 Å². The lowest BCUT2D eigenvalue weighted by atomic mass is 10.1. The second kappa shape index (κ2) is 6.39. The minimum absolute atomic E-state index is 0.142. The van der Waals surface area contributed by atoms with Crippen LogP contribution in [0.25, 0.3) is 0 Å². The highest BCUT2D eigenvalue weighted by atomic mass is 127. The van der Waals surface area contributed by atoms with E-state index in [4.69, 9.17) is 11.6 Å². The van der Waals surface area contributed by atoms with Crippen LogP contribution in [0.1, 0.15) is 22.8 Å². The van der Waals surface area contributed by atoms with Crippen LogP contribution in [-0.4, -0.2) is 5.91 Å². The van der Waals surface area contributed by atoms with Crippen LogP contribution in [0.5, 0.6) is 0 Å². The number of benzene rings is 2. The van der Waals surface area contributed by atoms with Crippen molar-refractivity contribution in [3.8, 4) is 0 Å². The van der Waals surface area contributed by atoms with Gasteiger partial charge in [0.25, 0.3) is 5.91 Å². The highest BCUT2D eigenvalue weighted by Gasteiger charge is 2.10. The predicted octanol–water partition coefficient (Wildman–Crippen LogP) is 4.76. The summed E-state index contributed by atoms with van der Waals surface area (Å²) in [5, 5.41) is 3.44. The van der Waals surface area contributed by atoms with Crippen molar-refractivity contribution < 1.29 is 4.79 Å². The van der Waals surface area contributed by atoms with E-state index in [0.29, 0.717) is 10.6 Å². The Kier molecular flexibility index (Phi) is 4.82. The Morgan fingerprint density at radius 2 is 1.89 bits per heavy atom. The molecule has 0 aromatic heterocycles. The fourth-order valence-corrected chi connectivity index (χ4v) is 2.45. The van der Waals surface area contributed by atoms with Gasteiger partial charge in [0, 0.05) is 14.3 Å². The lowest BCUT2D eigenvalue weighted by molar-refractivity contribution is 0.102. The van der Waals surface area contributed by atoms with Gasteiger partial charge in [-0.05, 0) is 64.9 Å². The van der Waals surface area contributed by atoms with E-state index in [-0.39, 0.29) is 5.91 Å². The van der Waals surface area contributed by atoms with E-state index in [9.17, 15) is 4.79 Å². The second-order valence-corrected chi connectivity index (χ2v) is 5.73. The summed E-state index contributed by atoms with van der Waals surface area (Å²) in [5.74, 6) is -0.142. The molecule has 0 saturated carbocycles. The molecular formula is C15H13ClINO. The number of amides is 1. The van der Waals surface area contributed by atoms with Gasteiger partial charge in [-0.15, -0.1) is 0 Å². The van der Waals surface area contributed by atoms with E-state index in [1.807, 2.05) is 30.3 Å². The molecule has 0 unspecified atom stereocenters. The van der Waals surface area contributed by atoms with Crippen LogP contribution in [0.15, 0.2) is 42.5 Å². The minimum Gasteiger partial charge on any atom is -0.322 e. The van der Waals surface area contributed by atoms with Gasteiger partial charge in [-0.2, -0.15) is 0 Å². The maximum absolute atomic E-state index is 12.2. The van der Waals surface area contributed by atoms with Crippen molar-refractivity contribution in [2.24, 2.45) is 0 Å². The third-order valence-corrected chi connectivity index (χ3v) is 3.97. The summed E-state index contributed by atoms with van der Waals surface area (Å²) < 4.78 is 0.879. The summed E-state index contributed by atoms with van der Waals surface area (Å²) in [6.07, 6.45) is 0.987. The van der Waals surface area contributed by atoms with Crippen molar-refractivity contribution >= 4 is 45.8 Å². The zero-order valence-corrected chi connectivity index (χ0v) is 13.3. The van der Waals surface area contributed by atoms with Crippen molar-refractivity contribution in [3.63, 3.8) is 0 Å². The van der Waals surface area contributed by atoms with Gasteiger partial charge in [0.2, 0.25) is 0 Å². The van der Waals surface area contributed by atoms with Gasteiger partial charge in [0.1, 0.15) is 0 Å². The first-order valence-corrected chi connectivity index (χ1v) is 7.41. The molecule has 0 aliphatic heterocycles. The monoisotopic (exact) mass is 385 g/mol. The van der Waals surface area contributed by atoms with E-state index >= 15 is 0 Å². The Balaban J connectivity index is 2.18. The summed E-state index contributed by atoms with van der Waals surface area (Å²) in [6, 6.07) is 13.1. The maximum atomic E-state index is 12.2. The third kappa shape index (κ3) is 3.70. The summed E-state index contributed by atoms with van der Waals surface area (Å²) >= 11 is 8.05. The van der Waals surface area contributed by atoms with Crippen molar-refractivity contribution in [1.29, 1.82) is 0 Å². The molecule has 4 heteroatoms. The number of nitrogens with one attached hydrogen (secondary N) is 1. The first kappa shape index (κ1) is 14.3. The lowest BCUT2D eigenvalue weighted by Gasteiger charge is -2.08. The number of anilines is 1. The molecule has 0 fully saturated rings. The smallest absolute Gasteiger partial charge is 0.256 e. The average molecular weight is 386 g/mol. The molecule has 0 radical (unpaired) electrons. The number of aryl methyl sites for hydroxylation is 1. The van der Waals surface area contributed by atoms with E-state index in [1.54, 1.807) is 12.1 Å². The molecule has 0 heterocycles. The van der Waals surface area contributed by atoms with Gasteiger partial charge >= 0.3 is 0 Å². The van der Waals surface area contributed by atoms with Gasteiger partial charge in [0.05, 0.1) is 5.56 Å². The van der Waals surface area contributed by atoms with Crippen molar-refractivity contribution in [2.45, 2.75) is 13.3 Å². The normalized spacial score (nSPS) is 10.3. The molecule has 0 bridgehead atoms. The number of halogens is 2. The van der Waals surface area contributed by atoms with Gasteiger partial charge in [-0.25, -0.2) is 0 Å². The van der Waals surface area contributed by atoms with Gasteiger partial charge in [-0.1, -0.05) is 30.7 Å². The summed E-state index contributed by atoms with van der Waals surface area (Å²) in [6.45, 7) is 2.10. The number of carbonyl (C=O) groups excluding carboxylic acids is 1. The first-order chi connectivity index (χ1) is 9.10. The zero-order valence-electron chi connectivity index (χ0n) is 10.4. The summed E-state index contributed by atoms with van der Waals surface area (Å²) in [4.78, 5) is 12.2. The molecule has 19 heavy (non-hydrogen) atoms. The standard InChI is InChI=1S/C15H13ClINO/c1-2-10-3-6-12(7-4-10)18-15(19)13-9-11(16)5-8-14(13)17/h3-9H,2H2,1H3,(H,18,19). The maximum Gasteiger partial charge on any atom is 0.256 e. The van der Waals surface area contributed by atoms with E-state index in [1.165, 1.54) is 5.56 Å².